The van der Waals surface area contributed by atoms with Gasteiger partial charge in [0.2, 0.25) is 0 Å². The Kier molecular flexibility index (Phi) is 5.04. The number of carboxylic acid groups (broad SMARTS) is 1. The highest BCUT2D eigenvalue weighted by molar-refractivity contribution is 5.87. The second-order valence-electron chi connectivity index (χ2n) is 5.27. The summed E-state index contributed by atoms with van der Waals surface area (Å²) in [7, 11) is 0. The second-order valence-corrected chi connectivity index (χ2v) is 5.27. The fourth-order valence-electron chi connectivity index (χ4n) is 2.38. The Labute approximate surface area is 130 Å². The predicted octanol–water partition coefficient (Wildman–Crippen LogP) is 4.05. The number of aromatic hydroxyl groups is 1. The molecular formula is C18H20O4. The van der Waals surface area contributed by atoms with Crippen molar-refractivity contribution in [1.29, 1.82) is 0 Å². The van der Waals surface area contributed by atoms with Crippen LogP contribution in [0.25, 0.3) is 0 Å². The summed E-state index contributed by atoms with van der Waals surface area (Å²) in [5.41, 5.74) is 1.33. The van der Waals surface area contributed by atoms with Crippen LogP contribution in [0.1, 0.15) is 42.1 Å². The maximum absolute atomic E-state index is 10.9. The lowest BCUT2D eigenvalue weighted by molar-refractivity contribution is 0.0697. The lowest BCUT2D eigenvalue weighted by Crippen LogP contribution is -2.22. The first-order valence-electron chi connectivity index (χ1n) is 7.30. The molecule has 4 heteroatoms. The van der Waals surface area contributed by atoms with E-state index in [-0.39, 0.29) is 23.3 Å². The zero-order chi connectivity index (χ0) is 16.1. The average Bonchev–Trinajstić information content (AvgIpc) is 2.53. The number of phenols is 1. The van der Waals surface area contributed by atoms with Gasteiger partial charge in [0.15, 0.2) is 0 Å². The van der Waals surface area contributed by atoms with Crippen molar-refractivity contribution in [1.82, 2.24) is 0 Å². The summed E-state index contributed by atoms with van der Waals surface area (Å²) >= 11 is 0. The maximum atomic E-state index is 10.9. The zero-order valence-corrected chi connectivity index (χ0v) is 12.7. The maximum Gasteiger partial charge on any atom is 0.335 e. The fraction of sp³-hybridized carbons (Fsp3) is 0.278. The standard InChI is InChI=1S/C18H20O4/c1-3-17(12(2)13-4-8-15(19)9-5-13)22-16-10-6-14(7-11-16)18(20)21/h4-12,17,19H,3H2,1-2H3,(H,20,21). The molecule has 2 N–H and O–H groups in total. The molecule has 22 heavy (non-hydrogen) atoms. The molecule has 4 nitrogen and oxygen atoms in total. The second kappa shape index (κ2) is 6.98. The van der Waals surface area contributed by atoms with E-state index in [1.54, 1.807) is 24.3 Å². The van der Waals surface area contributed by atoms with E-state index in [9.17, 15) is 9.90 Å². The minimum Gasteiger partial charge on any atom is -0.508 e. The van der Waals surface area contributed by atoms with Crippen LogP contribution >= 0.6 is 0 Å². The summed E-state index contributed by atoms with van der Waals surface area (Å²) in [6.45, 7) is 4.12. The molecule has 2 atom stereocenters. The molecule has 0 aliphatic rings. The van der Waals surface area contributed by atoms with Crippen molar-refractivity contribution in [3.63, 3.8) is 0 Å². The van der Waals surface area contributed by atoms with E-state index in [4.69, 9.17) is 9.84 Å². The Bertz CT molecular complexity index is 617. The van der Waals surface area contributed by atoms with Gasteiger partial charge in [-0.1, -0.05) is 26.0 Å². The lowest BCUT2D eigenvalue weighted by atomic mass is 9.93. The van der Waals surface area contributed by atoms with Gasteiger partial charge in [-0.3, -0.25) is 0 Å². The molecule has 0 heterocycles. The molecule has 0 saturated heterocycles. The van der Waals surface area contributed by atoms with Gasteiger partial charge in [-0.15, -0.1) is 0 Å². The third kappa shape index (κ3) is 3.79. The number of benzene rings is 2. The first-order valence-corrected chi connectivity index (χ1v) is 7.30. The van der Waals surface area contributed by atoms with Crippen molar-refractivity contribution in [2.75, 3.05) is 0 Å². The van der Waals surface area contributed by atoms with Crippen molar-refractivity contribution in [3.05, 3.63) is 59.7 Å². The van der Waals surface area contributed by atoms with Crippen molar-refractivity contribution < 1.29 is 19.7 Å². The van der Waals surface area contributed by atoms with Crippen molar-refractivity contribution in [2.24, 2.45) is 0 Å². The molecule has 0 aromatic heterocycles. The summed E-state index contributed by atoms with van der Waals surface area (Å²) in [6.07, 6.45) is 0.795. The molecule has 2 rings (SSSR count). The Morgan fingerprint density at radius 2 is 1.68 bits per heavy atom. The van der Waals surface area contributed by atoms with Gasteiger partial charge in [0.25, 0.3) is 0 Å². The number of phenolic OH excluding ortho intramolecular Hbond substituents is 1. The summed E-state index contributed by atoms with van der Waals surface area (Å²) < 4.78 is 5.99. The molecule has 0 bridgehead atoms. The molecule has 116 valence electrons. The number of hydrogen-bond donors (Lipinski definition) is 2. The molecule has 2 aromatic rings. The lowest BCUT2D eigenvalue weighted by Gasteiger charge is -2.24. The van der Waals surface area contributed by atoms with Crippen LogP contribution in [0.15, 0.2) is 48.5 Å². The van der Waals surface area contributed by atoms with Gasteiger partial charge in [-0.2, -0.15) is 0 Å². The largest absolute Gasteiger partial charge is 0.508 e. The van der Waals surface area contributed by atoms with E-state index < -0.39 is 5.97 Å². The highest BCUT2D eigenvalue weighted by Crippen LogP contribution is 2.27. The molecule has 0 aliphatic heterocycles. The van der Waals surface area contributed by atoms with Crippen molar-refractivity contribution in [3.8, 4) is 11.5 Å². The average molecular weight is 300 g/mol. The SMILES string of the molecule is CCC(Oc1ccc(C(=O)O)cc1)C(C)c1ccc(O)cc1. The molecule has 0 amide bonds. The normalized spacial score (nSPS) is 13.4. The van der Waals surface area contributed by atoms with Crippen LogP contribution in [-0.4, -0.2) is 22.3 Å². The molecule has 0 spiro atoms. The topological polar surface area (TPSA) is 66.8 Å². The van der Waals surface area contributed by atoms with Gasteiger partial charge in [-0.25, -0.2) is 4.79 Å². The number of aromatic carboxylic acids is 1. The summed E-state index contributed by atoms with van der Waals surface area (Å²) in [5, 5.41) is 18.3. The number of ether oxygens (including phenoxy) is 1. The number of carbonyl (C=O) groups is 1. The molecule has 0 fully saturated rings. The Balaban J connectivity index is 2.10. The molecule has 0 radical (unpaired) electrons. The molecule has 2 aromatic carbocycles. The fourth-order valence-corrected chi connectivity index (χ4v) is 2.38. The minimum atomic E-state index is -0.948. The third-order valence-corrected chi connectivity index (χ3v) is 3.77. The van der Waals surface area contributed by atoms with E-state index in [0.29, 0.717) is 5.75 Å². The summed E-state index contributed by atoms with van der Waals surface area (Å²) in [5.74, 6) is 0.109. The quantitative estimate of drug-likeness (QED) is 0.844. The minimum absolute atomic E-state index is 0.0276. The number of hydrogen-bond acceptors (Lipinski definition) is 3. The van der Waals surface area contributed by atoms with Gasteiger partial charge >= 0.3 is 5.97 Å². The summed E-state index contributed by atoms with van der Waals surface area (Å²) in [4.78, 5) is 10.9. The van der Waals surface area contributed by atoms with Crippen LogP contribution in [0.5, 0.6) is 11.5 Å². The molecule has 0 aliphatic carbocycles. The first-order chi connectivity index (χ1) is 10.5. The zero-order valence-electron chi connectivity index (χ0n) is 12.7. The van der Waals surface area contributed by atoms with Crippen molar-refractivity contribution in [2.45, 2.75) is 32.3 Å². The van der Waals surface area contributed by atoms with Crippen LogP contribution < -0.4 is 4.74 Å². The Hall–Kier alpha value is -2.49. The van der Waals surface area contributed by atoms with E-state index in [0.717, 1.165) is 12.0 Å². The smallest absolute Gasteiger partial charge is 0.335 e. The number of carboxylic acids is 1. The predicted molar refractivity (Wildman–Crippen MR) is 84.6 cm³/mol. The van der Waals surface area contributed by atoms with Crippen LogP contribution in [0.2, 0.25) is 0 Å². The first kappa shape index (κ1) is 15.9. The van der Waals surface area contributed by atoms with Crippen molar-refractivity contribution >= 4 is 5.97 Å². The van der Waals surface area contributed by atoms with Gasteiger partial charge in [0, 0.05) is 5.92 Å². The Morgan fingerprint density at radius 1 is 1.09 bits per heavy atom. The van der Waals surface area contributed by atoms with E-state index in [1.807, 2.05) is 19.1 Å². The van der Waals surface area contributed by atoms with Crippen LogP contribution in [-0.2, 0) is 0 Å². The van der Waals surface area contributed by atoms with Gasteiger partial charge < -0.3 is 14.9 Å². The van der Waals surface area contributed by atoms with Gasteiger partial charge in [-0.05, 0) is 48.4 Å². The monoisotopic (exact) mass is 300 g/mol. The van der Waals surface area contributed by atoms with E-state index in [2.05, 4.69) is 6.92 Å². The van der Waals surface area contributed by atoms with E-state index in [1.165, 1.54) is 12.1 Å². The van der Waals surface area contributed by atoms with Crippen LogP contribution in [0.4, 0.5) is 0 Å². The molecule has 0 saturated carbocycles. The molecular weight excluding hydrogens is 280 g/mol. The highest BCUT2D eigenvalue weighted by Gasteiger charge is 2.19. The number of rotatable bonds is 6. The van der Waals surface area contributed by atoms with Gasteiger partial charge in [0.1, 0.15) is 17.6 Å². The third-order valence-electron chi connectivity index (χ3n) is 3.77. The van der Waals surface area contributed by atoms with Gasteiger partial charge in [0.05, 0.1) is 5.56 Å². The summed E-state index contributed by atoms with van der Waals surface area (Å²) in [6, 6.07) is 13.5. The highest BCUT2D eigenvalue weighted by atomic mass is 16.5. The van der Waals surface area contributed by atoms with Crippen LogP contribution in [0.3, 0.4) is 0 Å². The van der Waals surface area contributed by atoms with E-state index >= 15 is 0 Å². The molecule has 2 unspecified atom stereocenters. The Morgan fingerprint density at radius 3 is 2.18 bits per heavy atom. The van der Waals surface area contributed by atoms with Crippen LogP contribution in [0, 0.1) is 0 Å².